The van der Waals surface area contributed by atoms with Crippen molar-refractivity contribution in [3.63, 3.8) is 0 Å². The Kier molecular flexibility index (Phi) is 7.33. The van der Waals surface area contributed by atoms with Gasteiger partial charge in [0.25, 0.3) is 5.91 Å². The Morgan fingerprint density at radius 1 is 1.00 bits per heavy atom. The van der Waals surface area contributed by atoms with Gasteiger partial charge in [0.1, 0.15) is 0 Å². The first-order chi connectivity index (χ1) is 12.5. The highest BCUT2D eigenvalue weighted by atomic mass is 28.4. The van der Waals surface area contributed by atoms with Gasteiger partial charge < -0.3 is 14.2 Å². The lowest BCUT2D eigenvalue weighted by atomic mass is 10.1. The van der Waals surface area contributed by atoms with Crippen molar-refractivity contribution < 1.29 is 13.6 Å². The topological polar surface area (TPSA) is 47.6 Å². The quantitative estimate of drug-likeness (QED) is 0.544. The van der Waals surface area contributed by atoms with Crippen LogP contribution in [0.25, 0.3) is 5.57 Å². The molecule has 0 aliphatic heterocycles. The highest BCUT2D eigenvalue weighted by Gasteiger charge is 2.37. The Bertz CT molecular complexity index is 725. The summed E-state index contributed by atoms with van der Waals surface area (Å²) in [6.07, 6.45) is 0.790. The predicted molar refractivity (Wildman–Crippen MR) is 109 cm³/mol. The van der Waals surface area contributed by atoms with Crippen LogP contribution < -0.4 is 10.5 Å². The van der Waals surface area contributed by atoms with Crippen molar-refractivity contribution in [2.75, 3.05) is 20.8 Å². The standard InChI is InChI=1S/C21H27NO3Si/c1-17(2)18-11-13-19(14-12-18)21(23)22-15-8-16-26(24-3,25-4)20-9-6-5-7-10-20/h5-7,9-14H,1,8,15-16H2,2-4H3,(H,22,23). The van der Waals surface area contributed by atoms with E-state index in [-0.39, 0.29) is 5.91 Å². The van der Waals surface area contributed by atoms with Crippen LogP contribution in [-0.2, 0) is 8.85 Å². The van der Waals surface area contributed by atoms with Gasteiger partial charge in [-0.1, -0.05) is 54.6 Å². The largest absolute Gasteiger partial charge is 0.394 e. The minimum atomic E-state index is -2.45. The summed E-state index contributed by atoms with van der Waals surface area (Å²) in [7, 11) is 0.946. The molecule has 1 amide bonds. The highest BCUT2D eigenvalue weighted by molar-refractivity contribution is 6.81. The minimum Gasteiger partial charge on any atom is -0.394 e. The van der Waals surface area contributed by atoms with E-state index in [1.165, 1.54) is 0 Å². The van der Waals surface area contributed by atoms with Gasteiger partial charge in [0, 0.05) is 26.3 Å². The second-order valence-corrected chi connectivity index (χ2v) is 9.64. The monoisotopic (exact) mass is 369 g/mol. The van der Waals surface area contributed by atoms with Gasteiger partial charge in [-0.15, -0.1) is 0 Å². The fourth-order valence-corrected chi connectivity index (χ4v) is 5.57. The predicted octanol–water partition coefficient (Wildman–Crippen LogP) is 3.48. The zero-order chi connectivity index (χ0) is 19.0. The van der Waals surface area contributed by atoms with Gasteiger partial charge in [-0.2, -0.15) is 0 Å². The first-order valence-electron chi connectivity index (χ1n) is 8.72. The molecule has 0 saturated heterocycles. The number of carbonyl (C=O) groups is 1. The second-order valence-electron chi connectivity index (χ2n) is 6.24. The molecule has 0 aliphatic rings. The molecular weight excluding hydrogens is 342 g/mol. The van der Waals surface area contributed by atoms with Crippen molar-refractivity contribution >= 4 is 25.2 Å². The highest BCUT2D eigenvalue weighted by Crippen LogP contribution is 2.15. The summed E-state index contributed by atoms with van der Waals surface area (Å²) in [6, 6.07) is 18.3. The van der Waals surface area contributed by atoms with E-state index in [2.05, 4.69) is 11.9 Å². The van der Waals surface area contributed by atoms with E-state index in [9.17, 15) is 4.79 Å². The summed E-state index contributed by atoms with van der Waals surface area (Å²) < 4.78 is 11.6. The molecule has 0 radical (unpaired) electrons. The molecule has 2 aromatic carbocycles. The molecule has 1 N–H and O–H groups in total. The summed E-state index contributed by atoms with van der Waals surface area (Å²) in [6.45, 7) is 6.43. The minimum absolute atomic E-state index is 0.0694. The lowest BCUT2D eigenvalue weighted by Crippen LogP contribution is -2.52. The molecule has 2 aromatic rings. The van der Waals surface area contributed by atoms with Crippen LogP contribution in [-0.4, -0.2) is 35.2 Å². The number of hydrogen-bond donors (Lipinski definition) is 1. The third kappa shape index (κ3) is 4.91. The number of hydrogen-bond acceptors (Lipinski definition) is 3. The van der Waals surface area contributed by atoms with E-state index in [0.717, 1.165) is 28.8 Å². The molecular formula is C21H27NO3Si. The molecule has 4 nitrogen and oxygen atoms in total. The van der Waals surface area contributed by atoms with Gasteiger partial charge in [0.15, 0.2) is 0 Å². The summed E-state index contributed by atoms with van der Waals surface area (Å²) in [4.78, 5) is 12.3. The molecule has 0 bridgehead atoms. The Morgan fingerprint density at radius 2 is 1.58 bits per heavy atom. The van der Waals surface area contributed by atoms with Gasteiger partial charge in [0.05, 0.1) is 0 Å². The van der Waals surface area contributed by atoms with Crippen LogP contribution in [0.1, 0.15) is 29.3 Å². The Labute approximate surface area is 157 Å². The van der Waals surface area contributed by atoms with Crippen molar-refractivity contribution in [3.05, 3.63) is 72.3 Å². The molecule has 138 valence electrons. The molecule has 5 heteroatoms. The van der Waals surface area contributed by atoms with Crippen molar-refractivity contribution in [2.45, 2.75) is 19.4 Å². The van der Waals surface area contributed by atoms with Crippen LogP contribution >= 0.6 is 0 Å². The van der Waals surface area contributed by atoms with Crippen molar-refractivity contribution in [1.82, 2.24) is 5.32 Å². The van der Waals surface area contributed by atoms with Crippen molar-refractivity contribution in [1.29, 1.82) is 0 Å². The number of amides is 1. The summed E-state index contributed by atoms with van der Waals surface area (Å²) in [5, 5.41) is 4.07. The number of benzene rings is 2. The number of allylic oxidation sites excluding steroid dienone is 1. The molecule has 0 saturated carbocycles. The molecule has 0 heterocycles. The maximum Gasteiger partial charge on any atom is 0.372 e. The van der Waals surface area contributed by atoms with Gasteiger partial charge in [-0.05, 0) is 42.3 Å². The third-order valence-electron chi connectivity index (χ3n) is 4.48. The van der Waals surface area contributed by atoms with Crippen LogP contribution in [0.2, 0.25) is 6.04 Å². The maximum atomic E-state index is 12.3. The van der Waals surface area contributed by atoms with Gasteiger partial charge in [-0.3, -0.25) is 4.79 Å². The van der Waals surface area contributed by atoms with Crippen LogP contribution in [0.15, 0.2) is 61.2 Å². The van der Waals surface area contributed by atoms with Gasteiger partial charge in [-0.25, -0.2) is 0 Å². The molecule has 2 rings (SSSR count). The maximum absolute atomic E-state index is 12.3. The lowest BCUT2D eigenvalue weighted by molar-refractivity contribution is 0.0953. The third-order valence-corrected chi connectivity index (χ3v) is 8.02. The van der Waals surface area contributed by atoms with E-state index < -0.39 is 8.56 Å². The smallest absolute Gasteiger partial charge is 0.372 e. The lowest BCUT2D eigenvalue weighted by Gasteiger charge is -2.27. The zero-order valence-electron chi connectivity index (χ0n) is 15.7. The molecule has 0 aliphatic carbocycles. The van der Waals surface area contributed by atoms with Crippen LogP contribution in [0.3, 0.4) is 0 Å². The normalized spacial score (nSPS) is 11.2. The fraction of sp³-hybridized carbons (Fsp3) is 0.286. The number of rotatable bonds is 9. The molecule has 26 heavy (non-hydrogen) atoms. The Morgan fingerprint density at radius 3 is 2.12 bits per heavy atom. The molecule has 0 atom stereocenters. The molecule has 0 unspecified atom stereocenters. The van der Waals surface area contributed by atoms with Crippen molar-refractivity contribution in [3.8, 4) is 0 Å². The SMILES string of the molecule is C=C(C)c1ccc(C(=O)NCCC[Si](OC)(OC)c2ccccc2)cc1. The molecule has 0 fully saturated rings. The Hall–Kier alpha value is -2.21. The first-order valence-corrected chi connectivity index (χ1v) is 10.7. The Balaban J connectivity index is 1.90. The second kappa shape index (κ2) is 9.47. The summed E-state index contributed by atoms with van der Waals surface area (Å²) in [5.41, 5.74) is 2.68. The van der Waals surface area contributed by atoms with Gasteiger partial charge >= 0.3 is 8.56 Å². The van der Waals surface area contributed by atoms with Crippen molar-refractivity contribution in [2.24, 2.45) is 0 Å². The first kappa shape index (κ1) is 20.1. The summed E-state index contributed by atoms with van der Waals surface area (Å²) in [5.74, 6) is -0.0694. The van der Waals surface area contributed by atoms with E-state index in [0.29, 0.717) is 12.1 Å². The van der Waals surface area contributed by atoms with Gasteiger partial charge in [0.2, 0.25) is 0 Å². The zero-order valence-corrected chi connectivity index (χ0v) is 16.7. The van der Waals surface area contributed by atoms with Crippen LogP contribution in [0.4, 0.5) is 0 Å². The average Bonchev–Trinajstić information content (AvgIpc) is 2.69. The number of carbonyl (C=O) groups excluding carboxylic acids is 1. The van der Waals surface area contributed by atoms with E-state index in [1.807, 2.05) is 61.5 Å². The van der Waals surface area contributed by atoms with E-state index in [4.69, 9.17) is 8.85 Å². The fourth-order valence-electron chi connectivity index (χ4n) is 2.89. The average molecular weight is 370 g/mol. The van der Waals surface area contributed by atoms with E-state index >= 15 is 0 Å². The molecule has 0 spiro atoms. The summed E-state index contributed by atoms with van der Waals surface area (Å²) >= 11 is 0. The van der Waals surface area contributed by atoms with Crippen LogP contribution in [0, 0.1) is 0 Å². The molecule has 0 aromatic heterocycles. The van der Waals surface area contributed by atoms with Crippen LogP contribution in [0.5, 0.6) is 0 Å². The van der Waals surface area contributed by atoms with E-state index in [1.54, 1.807) is 14.2 Å². The number of nitrogens with one attached hydrogen (secondary N) is 1.